The highest BCUT2D eigenvalue weighted by Gasteiger charge is 2.20. The van der Waals surface area contributed by atoms with E-state index in [1.165, 1.54) is 44.2 Å². The van der Waals surface area contributed by atoms with Gasteiger partial charge in [0.05, 0.1) is 0 Å². The lowest BCUT2D eigenvalue weighted by atomic mass is 9.79. The third-order valence-corrected chi connectivity index (χ3v) is 4.26. The lowest BCUT2D eigenvalue weighted by Gasteiger charge is -2.27. The van der Waals surface area contributed by atoms with Crippen molar-refractivity contribution >= 4 is 0 Å². The number of rotatable bonds is 4. The molecule has 1 aliphatic rings. The van der Waals surface area contributed by atoms with E-state index in [-0.39, 0.29) is 0 Å². The maximum Gasteiger partial charge on any atom is 0.218 e. The standard InChI is InChI=1S/C15H21F2N/c1-2-11-3-5-12(6-4-11)7-8-13-9-10-14(16)18-15(13)17/h9-12H,2-8H2,1H3. The van der Waals surface area contributed by atoms with Crippen molar-refractivity contribution in [1.29, 1.82) is 0 Å². The van der Waals surface area contributed by atoms with Gasteiger partial charge in [0.2, 0.25) is 11.9 Å². The second-order valence-electron chi connectivity index (χ2n) is 5.42. The van der Waals surface area contributed by atoms with E-state index in [1.54, 1.807) is 0 Å². The summed E-state index contributed by atoms with van der Waals surface area (Å²) in [5.41, 5.74) is 0.550. The Morgan fingerprint density at radius 2 is 1.78 bits per heavy atom. The first-order chi connectivity index (χ1) is 8.69. The van der Waals surface area contributed by atoms with Crippen LogP contribution in [0.4, 0.5) is 8.78 Å². The van der Waals surface area contributed by atoms with Gasteiger partial charge in [0, 0.05) is 5.56 Å². The number of aromatic nitrogens is 1. The molecule has 0 spiro atoms. The van der Waals surface area contributed by atoms with Gasteiger partial charge in [-0.1, -0.05) is 39.0 Å². The highest BCUT2D eigenvalue weighted by Crippen LogP contribution is 2.33. The molecule has 0 radical (unpaired) electrons. The zero-order valence-electron chi connectivity index (χ0n) is 11.0. The Hall–Kier alpha value is -0.990. The van der Waals surface area contributed by atoms with Gasteiger partial charge in [0.25, 0.3) is 0 Å². The molecule has 1 aliphatic carbocycles. The quantitative estimate of drug-likeness (QED) is 0.719. The maximum absolute atomic E-state index is 13.4. The largest absolute Gasteiger partial charge is 0.218 e. The Labute approximate surface area is 108 Å². The number of hydrogen-bond acceptors (Lipinski definition) is 1. The predicted molar refractivity (Wildman–Crippen MR) is 68.2 cm³/mol. The van der Waals surface area contributed by atoms with Crippen molar-refractivity contribution < 1.29 is 8.78 Å². The first-order valence-corrected chi connectivity index (χ1v) is 7.00. The van der Waals surface area contributed by atoms with Crippen LogP contribution in [0.15, 0.2) is 12.1 Å². The van der Waals surface area contributed by atoms with Crippen LogP contribution in [0.2, 0.25) is 0 Å². The fourth-order valence-corrected chi connectivity index (χ4v) is 2.92. The molecule has 0 bridgehead atoms. The van der Waals surface area contributed by atoms with E-state index >= 15 is 0 Å². The molecular weight excluding hydrogens is 232 g/mol. The summed E-state index contributed by atoms with van der Waals surface area (Å²) in [4.78, 5) is 3.23. The molecule has 100 valence electrons. The summed E-state index contributed by atoms with van der Waals surface area (Å²) in [5, 5.41) is 0. The molecular formula is C15H21F2N. The van der Waals surface area contributed by atoms with Gasteiger partial charge in [-0.2, -0.15) is 13.8 Å². The summed E-state index contributed by atoms with van der Waals surface area (Å²) in [6, 6.07) is 2.77. The topological polar surface area (TPSA) is 12.9 Å². The van der Waals surface area contributed by atoms with Crippen molar-refractivity contribution in [2.24, 2.45) is 11.8 Å². The number of pyridine rings is 1. The van der Waals surface area contributed by atoms with E-state index in [4.69, 9.17) is 0 Å². The molecule has 2 rings (SSSR count). The van der Waals surface area contributed by atoms with Crippen LogP contribution in [0.5, 0.6) is 0 Å². The predicted octanol–water partition coefficient (Wildman–Crippen LogP) is 4.51. The van der Waals surface area contributed by atoms with E-state index in [0.717, 1.165) is 12.3 Å². The van der Waals surface area contributed by atoms with Crippen LogP contribution < -0.4 is 0 Å². The van der Waals surface area contributed by atoms with Crippen LogP contribution in [0.25, 0.3) is 0 Å². The van der Waals surface area contributed by atoms with Gasteiger partial charge in [-0.3, -0.25) is 0 Å². The number of hydrogen-bond donors (Lipinski definition) is 0. The second-order valence-corrected chi connectivity index (χ2v) is 5.42. The van der Waals surface area contributed by atoms with Crippen molar-refractivity contribution in [2.75, 3.05) is 0 Å². The van der Waals surface area contributed by atoms with Crippen LogP contribution in [0, 0.1) is 23.7 Å². The molecule has 1 fully saturated rings. The van der Waals surface area contributed by atoms with Crippen LogP contribution in [0.3, 0.4) is 0 Å². The summed E-state index contributed by atoms with van der Waals surface area (Å²) in [5.74, 6) is 0.222. The third-order valence-electron chi connectivity index (χ3n) is 4.26. The fourth-order valence-electron chi connectivity index (χ4n) is 2.92. The van der Waals surface area contributed by atoms with Crippen molar-refractivity contribution in [3.63, 3.8) is 0 Å². The summed E-state index contributed by atoms with van der Waals surface area (Å²) in [6.45, 7) is 2.25. The highest BCUT2D eigenvalue weighted by molar-refractivity contribution is 5.11. The first kappa shape index (κ1) is 13.4. The molecule has 1 saturated carbocycles. The molecule has 3 heteroatoms. The van der Waals surface area contributed by atoms with Gasteiger partial charge in [-0.05, 0) is 36.8 Å². The minimum atomic E-state index is -0.736. The van der Waals surface area contributed by atoms with Gasteiger partial charge in [0.1, 0.15) is 0 Å². The van der Waals surface area contributed by atoms with Crippen LogP contribution in [-0.4, -0.2) is 4.98 Å². The Bertz CT molecular complexity index is 384. The van der Waals surface area contributed by atoms with Crippen molar-refractivity contribution in [3.05, 3.63) is 29.6 Å². The normalized spacial score (nSPS) is 24.2. The smallest absolute Gasteiger partial charge is 0.190 e. The molecule has 0 saturated heterocycles. The Morgan fingerprint density at radius 1 is 1.11 bits per heavy atom. The molecule has 1 aromatic rings. The molecule has 0 N–H and O–H groups in total. The lowest BCUT2D eigenvalue weighted by Crippen LogP contribution is -2.14. The van der Waals surface area contributed by atoms with Gasteiger partial charge in [0.15, 0.2) is 0 Å². The van der Waals surface area contributed by atoms with E-state index in [2.05, 4.69) is 11.9 Å². The van der Waals surface area contributed by atoms with Gasteiger partial charge >= 0.3 is 0 Å². The van der Waals surface area contributed by atoms with Crippen molar-refractivity contribution in [2.45, 2.75) is 51.9 Å². The Kier molecular flexibility index (Phi) is 4.67. The molecule has 1 nitrogen and oxygen atoms in total. The average Bonchev–Trinajstić information content (AvgIpc) is 2.38. The SMILES string of the molecule is CCC1CCC(CCc2ccc(F)nc2F)CC1. The number of halogens is 2. The Morgan fingerprint density at radius 3 is 2.39 bits per heavy atom. The molecule has 0 amide bonds. The lowest BCUT2D eigenvalue weighted by molar-refractivity contribution is 0.258. The molecule has 1 aromatic heterocycles. The third kappa shape index (κ3) is 3.50. The summed E-state index contributed by atoms with van der Waals surface area (Å²) in [6.07, 6.45) is 8.10. The van der Waals surface area contributed by atoms with Crippen molar-refractivity contribution in [3.8, 4) is 0 Å². The van der Waals surface area contributed by atoms with Gasteiger partial charge < -0.3 is 0 Å². The van der Waals surface area contributed by atoms with Crippen molar-refractivity contribution in [1.82, 2.24) is 4.98 Å². The molecule has 18 heavy (non-hydrogen) atoms. The first-order valence-electron chi connectivity index (χ1n) is 7.00. The van der Waals surface area contributed by atoms with Gasteiger partial charge in [-0.25, -0.2) is 0 Å². The monoisotopic (exact) mass is 253 g/mol. The van der Waals surface area contributed by atoms with E-state index in [0.29, 0.717) is 17.9 Å². The zero-order chi connectivity index (χ0) is 13.0. The van der Waals surface area contributed by atoms with Crippen LogP contribution in [0.1, 0.15) is 51.0 Å². The van der Waals surface area contributed by atoms with E-state index < -0.39 is 11.9 Å². The van der Waals surface area contributed by atoms with Crippen LogP contribution in [-0.2, 0) is 6.42 Å². The maximum atomic E-state index is 13.4. The number of aryl methyl sites for hydroxylation is 1. The second kappa shape index (κ2) is 6.26. The fraction of sp³-hybridized carbons (Fsp3) is 0.667. The Balaban J connectivity index is 1.81. The minimum absolute atomic E-state index is 0.550. The summed E-state index contributed by atoms with van der Waals surface area (Å²) < 4.78 is 26.0. The highest BCUT2D eigenvalue weighted by atomic mass is 19.1. The number of nitrogens with zero attached hydrogens (tertiary/aromatic N) is 1. The summed E-state index contributed by atoms with van der Waals surface area (Å²) in [7, 11) is 0. The molecule has 1 heterocycles. The van der Waals surface area contributed by atoms with E-state index in [9.17, 15) is 8.78 Å². The molecule has 0 unspecified atom stereocenters. The summed E-state index contributed by atoms with van der Waals surface area (Å²) >= 11 is 0. The van der Waals surface area contributed by atoms with Crippen LogP contribution >= 0.6 is 0 Å². The molecule has 0 aliphatic heterocycles. The average molecular weight is 253 g/mol. The van der Waals surface area contributed by atoms with Gasteiger partial charge in [-0.15, -0.1) is 0 Å². The molecule has 0 atom stereocenters. The minimum Gasteiger partial charge on any atom is -0.190 e. The van der Waals surface area contributed by atoms with E-state index in [1.807, 2.05) is 0 Å². The molecule has 0 aromatic carbocycles. The zero-order valence-corrected chi connectivity index (χ0v) is 11.0.